The summed E-state index contributed by atoms with van der Waals surface area (Å²) in [4.78, 5) is 13.1. The fourth-order valence-electron chi connectivity index (χ4n) is 2.92. The van der Waals surface area contributed by atoms with Gasteiger partial charge in [0.15, 0.2) is 6.54 Å². The van der Waals surface area contributed by atoms with Crippen LogP contribution in [-0.2, 0) is 17.8 Å². The summed E-state index contributed by atoms with van der Waals surface area (Å²) in [6.45, 7) is 3.07. The standard InChI is InChI=1S/C22H20Cl3N2O2S/c1-2-3-4-11-29-20(17-6-5-16(23)12-18(17)24)14-27-10-9-26(15-27)13-19(28)21-7-8-22(25)30-21/h5-10,12,15,20H,4,11,13-14H2,1H3/q+1. The molecule has 8 heteroatoms. The molecule has 3 rings (SSSR count). The fraction of sp³-hybridized carbons (Fsp3) is 0.273. The van der Waals surface area contributed by atoms with Crippen LogP contribution in [0.15, 0.2) is 49.1 Å². The van der Waals surface area contributed by atoms with Crippen LogP contribution in [0.1, 0.15) is 34.7 Å². The van der Waals surface area contributed by atoms with Gasteiger partial charge in [0.1, 0.15) is 25.0 Å². The van der Waals surface area contributed by atoms with E-state index in [0.29, 0.717) is 38.8 Å². The molecule has 0 spiro atoms. The second-order valence-corrected chi connectivity index (χ2v) is 9.07. The van der Waals surface area contributed by atoms with Crippen molar-refractivity contribution in [2.24, 2.45) is 0 Å². The van der Waals surface area contributed by atoms with Gasteiger partial charge in [0.2, 0.25) is 12.1 Å². The Balaban J connectivity index is 1.72. The average Bonchev–Trinajstić information content (AvgIpc) is 3.33. The van der Waals surface area contributed by atoms with Crippen molar-refractivity contribution >= 4 is 51.9 Å². The van der Waals surface area contributed by atoms with Gasteiger partial charge >= 0.3 is 0 Å². The molecule has 0 radical (unpaired) electrons. The molecule has 0 aliphatic carbocycles. The Labute approximate surface area is 195 Å². The fourth-order valence-corrected chi connectivity index (χ4v) is 4.42. The monoisotopic (exact) mass is 481 g/mol. The van der Waals surface area contributed by atoms with Gasteiger partial charge in [-0.2, -0.15) is 0 Å². The Bertz CT molecular complexity index is 1080. The van der Waals surface area contributed by atoms with Gasteiger partial charge in [-0.15, -0.1) is 23.2 Å². The molecule has 2 aromatic heterocycles. The number of carbonyl (C=O) groups is 1. The molecule has 30 heavy (non-hydrogen) atoms. The minimum atomic E-state index is -0.277. The molecular formula is C22H20Cl3N2O2S+. The molecular weight excluding hydrogens is 463 g/mol. The topological polar surface area (TPSA) is 35.1 Å². The molecule has 1 aromatic carbocycles. The maximum atomic E-state index is 12.4. The van der Waals surface area contributed by atoms with E-state index in [-0.39, 0.29) is 18.4 Å². The summed E-state index contributed by atoms with van der Waals surface area (Å²) in [7, 11) is 0. The van der Waals surface area contributed by atoms with Crippen LogP contribution in [0.25, 0.3) is 0 Å². The lowest BCUT2D eigenvalue weighted by molar-refractivity contribution is -0.682. The molecule has 0 amide bonds. The number of halogens is 3. The summed E-state index contributed by atoms with van der Waals surface area (Å²) in [5, 5.41) is 1.13. The molecule has 0 saturated heterocycles. The summed E-state index contributed by atoms with van der Waals surface area (Å²) < 4.78 is 10.5. The molecule has 0 bridgehead atoms. The quantitative estimate of drug-likeness (QED) is 0.166. The normalized spacial score (nSPS) is 11.7. The minimum absolute atomic E-state index is 0.0151. The highest BCUT2D eigenvalue weighted by atomic mass is 35.5. The Morgan fingerprint density at radius 1 is 1.27 bits per heavy atom. The van der Waals surface area contributed by atoms with Gasteiger partial charge in [0.25, 0.3) is 0 Å². The Kier molecular flexibility index (Phi) is 8.38. The molecule has 1 unspecified atom stereocenters. The number of hydrogen-bond donors (Lipinski definition) is 0. The predicted molar refractivity (Wildman–Crippen MR) is 122 cm³/mol. The van der Waals surface area contributed by atoms with E-state index in [1.807, 2.05) is 33.9 Å². The molecule has 0 fully saturated rings. The van der Waals surface area contributed by atoms with Crippen molar-refractivity contribution in [3.63, 3.8) is 0 Å². The van der Waals surface area contributed by atoms with Gasteiger partial charge in [0.05, 0.1) is 15.8 Å². The first kappa shape index (κ1) is 22.9. The van der Waals surface area contributed by atoms with Gasteiger partial charge in [-0.25, -0.2) is 9.13 Å². The SMILES string of the molecule is CC#CCCOC(Cn1cc[n+](CC(=O)c2ccc(Cl)s2)c1)c1ccc(Cl)cc1Cl. The molecule has 0 aliphatic heterocycles. The zero-order valence-electron chi connectivity index (χ0n) is 16.3. The molecule has 0 aliphatic rings. The number of Topliss-reactive ketones (excluding diaryl/α,β-unsaturated/α-hetero) is 1. The number of benzene rings is 1. The highest BCUT2D eigenvalue weighted by molar-refractivity contribution is 7.18. The lowest BCUT2D eigenvalue weighted by atomic mass is 10.1. The highest BCUT2D eigenvalue weighted by Gasteiger charge is 2.20. The van der Waals surface area contributed by atoms with Gasteiger partial charge in [0, 0.05) is 22.0 Å². The zero-order chi connectivity index (χ0) is 21.5. The van der Waals surface area contributed by atoms with Crippen molar-refractivity contribution in [2.45, 2.75) is 32.5 Å². The van der Waals surface area contributed by atoms with Crippen LogP contribution in [-0.4, -0.2) is 17.0 Å². The van der Waals surface area contributed by atoms with Crippen LogP contribution >= 0.6 is 46.1 Å². The van der Waals surface area contributed by atoms with Crippen molar-refractivity contribution < 1.29 is 14.1 Å². The van der Waals surface area contributed by atoms with Gasteiger partial charge in [-0.05, 0) is 31.2 Å². The van der Waals surface area contributed by atoms with E-state index in [4.69, 9.17) is 39.5 Å². The van der Waals surface area contributed by atoms with Crippen molar-refractivity contribution in [2.75, 3.05) is 6.61 Å². The van der Waals surface area contributed by atoms with Crippen molar-refractivity contribution in [3.8, 4) is 11.8 Å². The number of hydrogen-bond acceptors (Lipinski definition) is 3. The lowest BCUT2D eigenvalue weighted by Crippen LogP contribution is -2.35. The maximum Gasteiger partial charge on any atom is 0.244 e. The first-order valence-corrected chi connectivity index (χ1v) is 11.2. The third kappa shape index (κ3) is 6.34. The van der Waals surface area contributed by atoms with Crippen molar-refractivity contribution in [3.05, 3.63) is 73.9 Å². The van der Waals surface area contributed by atoms with E-state index < -0.39 is 0 Å². The molecule has 156 valence electrons. The lowest BCUT2D eigenvalue weighted by Gasteiger charge is -2.17. The Hall–Kier alpha value is -1.81. The number of ketones is 1. The van der Waals surface area contributed by atoms with Crippen LogP contribution in [0, 0.1) is 11.8 Å². The third-order valence-electron chi connectivity index (χ3n) is 4.33. The number of nitrogens with zero attached hydrogens (tertiary/aromatic N) is 2. The summed E-state index contributed by atoms with van der Waals surface area (Å²) in [5.74, 6) is 5.88. The number of ether oxygens (including phenoxy) is 1. The minimum Gasteiger partial charge on any atom is -0.368 e. The highest BCUT2D eigenvalue weighted by Crippen LogP contribution is 2.29. The summed E-state index contributed by atoms with van der Waals surface area (Å²) in [5.41, 5.74) is 0.857. The molecule has 4 nitrogen and oxygen atoms in total. The average molecular weight is 483 g/mol. The van der Waals surface area contributed by atoms with Crippen molar-refractivity contribution in [1.82, 2.24) is 4.57 Å². The Morgan fingerprint density at radius 3 is 2.80 bits per heavy atom. The van der Waals surface area contributed by atoms with Gasteiger partial charge in [-0.1, -0.05) is 40.9 Å². The summed E-state index contributed by atoms with van der Waals surface area (Å²) in [6, 6.07) is 8.86. The molecule has 0 N–H and O–H groups in total. The third-order valence-corrected chi connectivity index (χ3v) is 6.16. The molecule has 3 aromatic rings. The van der Waals surface area contributed by atoms with Crippen LogP contribution in [0.4, 0.5) is 0 Å². The second-order valence-electron chi connectivity index (χ2n) is 6.51. The van der Waals surface area contributed by atoms with Crippen LogP contribution < -0.4 is 4.57 Å². The van der Waals surface area contributed by atoms with Crippen LogP contribution in [0.5, 0.6) is 0 Å². The van der Waals surface area contributed by atoms with E-state index in [1.165, 1.54) is 11.3 Å². The van der Waals surface area contributed by atoms with E-state index >= 15 is 0 Å². The molecule has 1 atom stereocenters. The van der Waals surface area contributed by atoms with E-state index in [9.17, 15) is 4.79 Å². The number of aromatic nitrogens is 2. The van der Waals surface area contributed by atoms with E-state index in [1.54, 1.807) is 31.2 Å². The predicted octanol–water partition coefficient (Wildman–Crippen LogP) is 5.85. The summed E-state index contributed by atoms with van der Waals surface area (Å²) in [6.07, 6.45) is 6.00. The smallest absolute Gasteiger partial charge is 0.244 e. The number of imidazole rings is 1. The summed E-state index contributed by atoms with van der Waals surface area (Å²) >= 11 is 19.7. The zero-order valence-corrected chi connectivity index (χ0v) is 19.4. The van der Waals surface area contributed by atoms with Crippen molar-refractivity contribution in [1.29, 1.82) is 0 Å². The Morgan fingerprint density at radius 2 is 2.10 bits per heavy atom. The molecule has 2 heterocycles. The van der Waals surface area contributed by atoms with E-state index in [0.717, 1.165) is 5.56 Å². The first-order valence-electron chi connectivity index (χ1n) is 9.26. The molecule has 0 saturated carbocycles. The van der Waals surface area contributed by atoms with E-state index in [2.05, 4.69) is 11.8 Å². The number of rotatable bonds is 9. The van der Waals surface area contributed by atoms with Gasteiger partial charge in [-0.3, -0.25) is 4.79 Å². The largest absolute Gasteiger partial charge is 0.368 e. The van der Waals surface area contributed by atoms with Crippen LogP contribution in [0.3, 0.4) is 0 Å². The maximum absolute atomic E-state index is 12.4. The first-order chi connectivity index (χ1) is 14.5. The van der Waals surface area contributed by atoms with Gasteiger partial charge < -0.3 is 4.74 Å². The van der Waals surface area contributed by atoms with Crippen LogP contribution in [0.2, 0.25) is 14.4 Å². The number of thiophene rings is 1. The second kappa shape index (κ2) is 11.0. The number of carbonyl (C=O) groups excluding carboxylic acids is 1.